The lowest BCUT2D eigenvalue weighted by Crippen LogP contribution is -2.37. The van der Waals surface area contributed by atoms with Crippen LogP contribution in [-0.2, 0) is 0 Å². The maximum absolute atomic E-state index is 2.41. The summed E-state index contributed by atoms with van der Waals surface area (Å²) in [5, 5.41) is 0. The van der Waals surface area contributed by atoms with E-state index in [1.165, 1.54) is 58.0 Å². The van der Waals surface area contributed by atoms with E-state index in [-0.39, 0.29) is 0 Å². The second kappa shape index (κ2) is 8.38. The van der Waals surface area contributed by atoms with E-state index in [1.54, 1.807) is 0 Å². The van der Waals surface area contributed by atoms with Crippen molar-refractivity contribution in [2.45, 2.75) is 58.8 Å². The lowest BCUT2D eigenvalue weighted by atomic mass is 9.73. The number of hydrogen-bond acceptors (Lipinski definition) is 0. The van der Waals surface area contributed by atoms with Gasteiger partial charge in [-0.2, -0.15) is 0 Å². The minimum absolute atomic E-state index is 0.610. The highest BCUT2D eigenvalue weighted by Gasteiger charge is 2.28. The summed E-state index contributed by atoms with van der Waals surface area (Å²) in [6.07, 6.45) is 9.70. The Morgan fingerprint density at radius 1 is 0.650 bits per heavy atom. The van der Waals surface area contributed by atoms with Crippen LogP contribution in [0.15, 0.2) is 0 Å². The molecule has 0 unspecified atom stereocenters. The number of hydrogen-bond donors (Lipinski definition) is 0. The summed E-state index contributed by atoms with van der Waals surface area (Å²) in [5.74, 6) is 0. The largest absolute Gasteiger partial charge is 0.331 e. The summed E-state index contributed by atoms with van der Waals surface area (Å²) in [6.45, 7) is 7.37. The summed E-state index contributed by atoms with van der Waals surface area (Å²) < 4.78 is 2.20. The molecule has 0 fully saturated rings. The van der Waals surface area contributed by atoms with Gasteiger partial charge < -0.3 is 8.97 Å². The van der Waals surface area contributed by atoms with E-state index in [0.29, 0.717) is 5.41 Å². The standard InChI is InChI=1S/C18H42N2/c1-9-13-18(10-2,14-11-16-19(3,4)5)15-12-17-20(6,7)8/h9-17H2,1-8H3/q+2. The molecule has 0 radical (unpaired) electrons. The third-order valence-electron chi connectivity index (χ3n) is 4.60. The number of nitrogens with zero attached hydrogens (tertiary/aromatic N) is 2. The molecule has 0 heterocycles. The predicted octanol–water partition coefficient (Wildman–Crippen LogP) is 4.16. The molecule has 0 aliphatic rings. The first kappa shape index (κ1) is 19.9. The van der Waals surface area contributed by atoms with Gasteiger partial charge in [-0.15, -0.1) is 0 Å². The fourth-order valence-corrected chi connectivity index (χ4v) is 3.29. The molecule has 122 valence electrons. The summed E-state index contributed by atoms with van der Waals surface area (Å²) in [6, 6.07) is 0. The van der Waals surface area contributed by atoms with Crippen molar-refractivity contribution in [2.24, 2.45) is 5.41 Å². The third kappa shape index (κ3) is 9.77. The molecule has 0 bridgehead atoms. The topological polar surface area (TPSA) is 0 Å². The molecule has 0 aliphatic heterocycles. The zero-order valence-electron chi connectivity index (χ0n) is 15.8. The highest BCUT2D eigenvalue weighted by Crippen LogP contribution is 2.38. The Morgan fingerprint density at radius 2 is 1.05 bits per heavy atom. The highest BCUT2D eigenvalue weighted by atomic mass is 15.3. The Morgan fingerprint density at radius 3 is 1.30 bits per heavy atom. The first-order chi connectivity index (χ1) is 9.04. The van der Waals surface area contributed by atoms with Crippen LogP contribution in [0.1, 0.15) is 58.8 Å². The van der Waals surface area contributed by atoms with Crippen LogP contribution in [0.5, 0.6) is 0 Å². The SMILES string of the molecule is CCCC(CC)(CCC[N+](C)(C)C)CCC[N+](C)(C)C. The number of quaternary nitrogens is 2. The fraction of sp³-hybridized carbons (Fsp3) is 1.00. The summed E-state index contributed by atoms with van der Waals surface area (Å²) in [4.78, 5) is 0. The van der Waals surface area contributed by atoms with E-state index in [9.17, 15) is 0 Å². The van der Waals surface area contributed by atoms with E-state index >= 15 is 0 Å². The molecular weight excluding hydrogens is 244 g/mol. The van der Waals surface area contributed by atoms with Crippen molar-refractivity contribution in [3.8, 4) is 0 Å². The number of rotatable bonds is 11. The minimum Gasteiger partial charge on any atom is -0.331 e. The molecule has 0 atom stereocenters. The van der Waals surface area contributed by atoms with Crippen LogP contribution in [0.3, 0.4) is 0 Å². The molecular formula is C18H42N2+2. The zero-order chi connectivity index (χ0) is 15.9. The minimum atomic E-state index is 0.610. The normalized spacial score (nSPS) is 13.8. The van der Waals surface area contributed by atoms with Crippen LogP contribution in [0.2, 0.25) is 0 Å². The van der Waals surface area contributed by atoms with Crippen LogP contribution in [0.25, 0.3) is 0 Å². The molecule has 0 N–H and O–H groups in total. The Labute approximate surface area is 129 Å². The van der Waals surface area contributed by atoms with Crippen molar-refractivity contribution in [1.29, 1.82) is 0 Å². The molecule has 0 aromatic heterocycles. The van der Waals surface area contributed by atoms with Crippen LogP contribution >= 0.6 is 0 Å². The second-order valence-corrected chi connectivity index (χ2v) is 8.84. The van der Waals surface area contributed by atoms with E-state index in [1.807, 2.05) is 0 Å². The van der Waals surface area contributed by atoms with Crippen LogP contribution in [0.4, 0.5) is 0 Å². The molecule has 2 heteroatoms. The highest BCUT2D eigenvalue weighted by molar-refractivity contribution is 4.77. The molecule has 0 amide bonds. The molecule has 0 aromatic carbocycles. The average Bonchev–Trinajstić information content (AvgIpc) is 2.25. The Kier molecular flexibility index (Phi) is 8.35. The molecule has 2 nitrogen and oxygen atoms in total. The van der Waals surface area contributed by atoms with Crippen molar-refractivity contribution in [2.75, 3.05) is 55.4 Å². The van der Waals surface area contributed by atoms with Crippen molar-refractivity contribution in [1.82, 2.24) is 0 Å². The van der Waals surface area contributed by atoms with Crippen molar-refractivity contribution in [3.05, 3.63) is 0 Å². The van der Waals surface area contributed by atoms with E-state index in [0.717, 1.165) is 8.97 Å². The molecule has 20 heavy (non-hydrogen) atoms. The maximum Gasteiger partial charge on any atom is 0.0780 e. The van der Waals surface area contributed by atoms with Gasteiger partial charge in [0.1, 0.15) is 0 Å². The smallest absolute Gasteiger partial charge is 0.0780 e. The van der Waals surface area contributed by atoms with Gasteiger partial charge in [0.2, 0.25) is 0 Å². The lowest BCUT2D eigenvalue weighted by molar-refractivity contribution is -0.871. The van der Waals surface area contributed by atoms with Gasteiger partial charge in [-0.05, 0) is 37.5 Å². The van der Waals surface area contributed by atoms with Crippen molar-refractivity contribution in [3.63, 3.8) is 0 Å². The Balaban J connectivity index is 4.41. The van der Waals surface area contributed by atoms with Gasteiger partial charge in [0.25, 0.3) is 0 Å². The molecule has 0 saturated carbocycles. The van der Waals surface area contributed by atoms with Gasteiger partial charge >= 0.3 is 0 Å². The summed E-state index contributed by atoms with van der Waals surface area (Å²) in [5.41, 5.74) is 0.610. The quantitative estimate of drug-likeness (QED) is 0.500. The molecule has 0 rings (SSSR count). The monoisotopic (exact) mass is 286 g/mol. The van der Waals surface area contributed by atoms with Gasteiger partial charge in [-0.3, -0.25) is 0 Å². The predicted molar refractivity (Wildman–Crippen MR) is 91.9 cm³/mol. The van der Waals surface area contributed by atoms with Crippen molar-refractivity contribution < 1.29 is 8.97 Å². The van der Waals surface area contributed by atoms with E-state index in [4.69, 9.17) is 0 Å². The summed E-state index contributed by atoms with van der Waals surface area (Å²) >= 11 is 0. The van der Waals surface area contributed by atoms with Crippen LogP contribution in [0, 0.1) is 5.41 Å². The van der Waals surface area contributed by atoms with E-state index in [2.05, 4.69) is 56.1 Å². The third-order valence-corrected chi connectivity index (χ3v) is 4.60. The van der Waals surface area contributed by atoms with Crippen LogP contribution < -0.4 is 0 Å². The van der Waals surface area contributed by atoms with Gasteiger partial charge in [0, 0.05) is 0 Å². The maximum atomic E-state index is 2.41. The first-order valence-electron chi connectivity index (χ1n) is 8.64. The van der Waals surface area contributed by atoms with Gasteiger partial charge in [-0.25, -0.2) is 0 Å². The van der Waals surface area contributed by atoms with E-state index < -0.39 is 0 Å². The second-order valence-electron chi connectivity index (χ2n) is 8.84. The average molecular weight is 287 g/mol. The summed E-state index contributed by atoms with van der Waals surface area (Å²) in [7, 11) is 13.9. The van der Waals surface area contributed by atoms with Crippen molar-refractivity contribution >= 4 is 0 Å². The molecule has 0 aromatic rings. The fourth-order valence-electron chi connectivity index (χ4n) is 3.29. The Bertz CT molecular complexity index is 225. The van der Waals surface area contributed by atoms with Crippen LogP contribution in [-0.4, -0.2) is 64.3 Å². The van der Waals surface area contributed by atoms with Gasteiger partial charge in [0.05, 0.1) is 55.4 Å². The zero-order valence-corrected chi connectivity index (χ0v) is 15.8. The van der Waals surface area contributed by atoms with Gasteiger partial charge in [-0.1, -0.05) is 26.7 Å². The lowest BCUT2D eigenvalue weighted by Gasteiger charge is -2.35. The van der Waals surface area contributed by atoms with Gasteiger partial charge in [0.15, 0.2) is 0 Å². The first-order valence-corrected chi connectivity index (χ1v) is 8.64. The Hall–Kier alpha value is -0.0800. The molecule has 0 spiro atoms. The molecule has 0 saturated heterocycles. The molecule has 0 aliphatic carbocycles.